The second kappa shape index (κ2) is 9.35. The maximum absolute atomic E-state index is 13.1. The van der Waals surface area contributed by atoms with Gasteiger partial charge < -0.3 is 10.1 Å². The van der Waals surface area contributed by atoms with Crippen LogP contribution in [0.2, 0.25) is 0 Å². The van der Waals surface area contributed by atoms with Crippen LogP contribution in [0.15, 0.2) is 47.3 Å². The van der Waals surface area contributed by atoms with Crippen molar-refractivity contribution in [2.45, 2.75) is 39.7 Å². The first-order valence-corrected chi connectivity index (χ1v) is 9.96. The average molecular weight is 407 g/mol. The third-order valence-corrected chi connectivity index (χ3v) is 4.96. The van der Waals surface area contributed by atoms with Crippen molar-refractivity contribution >= 4 is 28.3 Å². The lowest BCUT2D eigenvalue weighted by Gasteiger charge is -2.13. The lowest BCUT2D eigenvalue weighted by atomic mass is 10.1. The monoisotopic (exact) mass is 407 g/mol. The maximum atomic E-state index is 13.1. The third-order valence-electron chi connectivity index (χ3n) is 4.96. The summed E-state index contributed by atoms with van der Waals surface area (Å²) in [6, 6.07) is 11.9. The molecule has 0 aliphatic heterocycles. The molecule has 7 heteroatoms. The normalized spacial score (nSPS) is 10.8. The molecular weight excluding hydrogens is 382 g/mol. The van der Waals surface area contributed by atoms with Gasteiger partial charge in [-0.1, -0.05) is 44.0 Å². The number of esters is 1. The van der Waals surface area contributed by atoms with Crippen molar-refractivity contribution in [1.82, 2.24) is 9.78 Å². The Labute approximate surface area is 174 Å². The molecule has 0 aliphatic carbocycles. The summed E-state index contributed by atoms with van der Waals surface area (Å²) in [4.78, 5) is 37.7. The summed E-state index contributed by atoms with van der Waals surface area (Å²) in [5, 5.41) is 8.15. The van der Waals surface area contributed by atoms with E-state index in [1.54, 1.807) is 42.5 Å². The Morgan fingerprint density at radius 3 is 2.53 bits per heavy atom. The maximum Gasteiger partial charge on any atom is 0.337 e. The number of unbranched alkanes of at least 4 members (excludes halogenated alkanes) is 2. The molecule has 0 spiro atoms. The van der Waals surface area contributed by atoms with Crippen molar-refractivity contribution in [2.75, 3.05) is 12.4 Å². The van der Waals surface area contributed by atoms with Gasteiger partial charge in [0.25, 0.3) is 11.5 Å². The van der Waals surface area contributed by atoms with Crippen molar-refractivity contribution in [3.8, 4) is 0 Å². The number of benzene rings is 2. The standard InChI is InChI=1S/C23H25N3O4/c1-4-5-8-13-26-22(28)18-10-7-6-9-17(18)20(25-26)21(27)24-19-14-16(23(29)30-3)12-11-15(19)2/h6-7,9-12,14H,4-5,8,13H2,1-3H3,(H,24,27). The predicted octanol–water partition coefficient (Wildman–Crippen LogP) is 3.93. The predicted molar refractivity (Wildman–Crippen MR) is 116 cm³/mol. The van der Waals surface area contributed by atoms with Gasteiger partial charge in [-0.25, -0.2) is 9.48 Å². The highest BCUT2D eigenvalue weighted by Crippen LogP contribution is 2.20. The van der Waals surface area contributed by atoms with Gasteiger partial charge >= 0.3 is 5.97 Å². The lowest BCUT2D eigenvalue weighted by Crippen LogP contribution is -2.28. The minimum absolute atomic E-state index is 0.171. The van der Waals surface area contributed by atoms with E-state index in [1.165, 1.54) is 11.8 Å². The molecule has 2 aromatic carbocycles. The third kappa shape index (κ3) is 4.40. The summed E-state index contributed by atoms with van der Waals surface area (Å²) in [7, 11) is 1.30. The number of anilines is 1. The van der Waals surface area contributed by atoms with Gasteiger partial charge in [0.1, 0.15) is 0 Å². The second-order valence-electron chi connectivity index (χ2n) is 7.10. The average Bonchev–Trinajstić information content (AvgIpc) is 2.76. The number of methoxy groups -OCH3 is 1. The molecule has 1 N–H and O–H groups in total. The van der Waals surface area contributed by atoms with E-state index in [0.717, 1.165) is 24.8 Å². The number of aryl methyl sites for hydroxylation is 2. The molecular formula is C23H25N3O4. The van der Waals surface area contributed by atoms with Gasteiger partial charge in [-0.3, -0.25) is 9.59 Å². The Kier molecular flexibility index (Phi) is 6.61. The van der Waals surface area contributed by atoms with E-state index in [0.29, 0.717) is 28.6 Å². The number of hydrogen-bond acceptors (Lipinski definition) is 5. The van der Waals surface area contributed by atoms with Crippen molar-refractivity contribution in [3.63, 3.8) is 0 Å². The van der Waals surface area contributed by atoms with Crippen LogP contribution < -0.4 is 10.9 Å². The number of nitrogens with zero attached hydrogens (tertiary/aromatic N) is 2. The van der Waals surface area contributed by atoms with Gasteiger partial charge in [0.2, 0.25) is 0 Å². The first-order chi connectivity index (χ1) is 14.5. The first-order valence-electron chi connectivity index (χ1n) is 9.96. The van der Waals surface area contributed by atoms with E-state index in [-0.39, 0.29) is 11.3 Å². The molecule has 3 rings (SSSR count). The Hall–Kier alpha value is -3.48. The Bertz CT molecular complexity index is 1150. The minimum Gasteiger partial charge on any atom is -0.465 e. The minimum atomic E-state index is -0.487. The smallest absolute Gasteiger partial charge is 0.337 e. The summed E-state index contributed by atoms with van der Waals surface area (Å²) in [5.41, 5.74) is 1.57. The molecule has 3 aromatic rings. The van der Waals surface area contributed by atoms with Crippen LogP contribution in [0.25, 0.3) is 10.8 Å². The molecule has 1 aromatic heterocycles. The van der Waals surface area contributed by atoms with E-state index < -0.39 is 11.9 Å². The van der Waals surface area contributed by atoms with Gasteiger partial charge in [-0.05, 0) is 37.1 Å². The van der Waals surface area contributed by atoms with E-state index in [2.05, 4.69) is 17.3 Å². The van der Waals surface area contributed by atoms with Crippen LogP contribution in [0.1, 0.15) is 52.6 Å². The second-order valence-corrected chi connectivity index (χ2v) is 7.10. The molecule has 0 bridgehead atoms. The molecule has 0 saturated carbocycles. The quantitative estimate of drug-likeness (QED) is 0.473. The highest BCUT2D eigenvalue weighted by atomic mass is 16.5. The molecule has 7 nitrogen and oxygen atoms in total. The summed E-state index contributed by atoms with van der Waals surface area (Å²) < 4.78 is 6.12. The number of aromatic nitrogens is 2. The zero-order valence-corrected chi connectivity index (χ0v) is 17.4. The number of nitrogens with one attached hydrogen (secondary N) is 1. The summed E-state index contributed by atoms with van der Waals surface area (Å²) >= 11 is 0. The van der Waals surface area contributed by atoms with E-state index in [9.17, 15) is 14.4 Å². The van der Waals surface area contributed by atoms with Gasteiger partial charge in [-0.2, -0.15) is 5.10 Å². The van der Waals surface area contributed by atoms with E-state index in [4.69, 9.17) is 4.74 Å². The number of rotatable bonds is 7. The van der Waals surface area contributed by atoms with E-state index in [1.807, 2.05) is 6.92 Å². The van der Waals surface area contributed by atoms with Crippen LogP contribution in [0.3, 0.4) is 0 Å². The van der Waals surface area contributed by atoms with Crippen LogP contribution in [-0.4, -0.2) is 28.8 Å². The molecule has 1 heterocycles. The van der Waals surface area contributed by atoms with Crippen LogP contribution in [0, 0.1) is 6.92 Å². The summed E-state index contributed by atoms with van der Waals surface area (Å²) in [5.74, 6) is -0.931. The molecule has 1 amide bonds. The lowest BCUT2D eigenvalue weighted by molar-refractivity contribution is 0.0600. The van der Waals surface area contributed by atoms with Crippen LogP contribution in [0.4, 0.5) is 5.69 Å². The van der Waals surface area contributed by atoms with Gasteiger partial charge in [0.15, 0.2) is 5.69 Å². The SMILES string of the molecule is CCCCCn1nc(C(=O)Nc2cc(C(=O)OC)ccc2C)c2ccccc2c1=O. The van der Waals surface area contributed by atoms with Crippen LogP contribution in [0.5, 0.6) is 0 Å². The molecule has 0 radical (unpaired) electrons. The molecule has 0 saturated heterocycles. The van der Waals surface area contributed by atoms with E-state index >= 15 is 0 Å². The Morgan fingerprint density at radius 1 is 1.10 bits per heavy atom. The number of amides is 1. The van der Waals surface area contributed by atoms with Gasteiger partial charge in [0.05, 0.1) is 18.1 Å². The fourth-order valence-electron chi connectivity index (χ4n) is 3.25. The summed E-state index contributed by atoms with van der Waals surface area (Å²) in [6.07, 6.45) is 2.80. The topological polar surface area (TPSA) is 90.3 Å². The highest BCUT2D eigenvalue weighted by Gasteiger charge is 2.18. The van der Waals surface area contributed by atoms with Crippen LogP contribution in [-0.2, 0) is 11.3 Å². The van der Waals surface area contributed by atoms with Crippen molar-refractivity contribution < 1.29 is 14.3 Å². The number of ether oxygens (including phenoxy) is 1. The number of carbonyl (C=O) groups excluding carboxylic acids is 2. The van der Waals surface area contributed by atoms with Gasteiger partial charge in [0, 0.05) is 17.6 Å². The molecule has 156 valence electrons. The van der Waals surface area contributed by atoms with Crippen molar-refractivity contribution in [1.29, 1.82) is 0 Å². The Balaban J connectivity index is 2.01. The molecule has 0 fully saturated rings. The fourth-order valence-corrected chi connectivity index (χ4v) is 3.25. The van der Waals surface area contributed by atoms with Crippen LogP contribution >= 0.6 is 0 Å². The molecule has 30 heavy (non-hydrogen) atoms. The highest BCUT2D eigenvalue weighted by molar-refractivity contribution is 6.11. The Morgan fingerprint density at radius 2 is 1.83 bits per heavy atom. The van der Waals surface area contributed by atoms with Crippen molar-refractivity contribution in [3.05, 3.63) is 69.6 Å². The number of carbonyl (C=O) groups is 2. The number of fused-ring (bicyclic) bond motifs is 1. The zero-order chi connectivity index (χ0) is 21.7. The zero-order valence-electron chi connectivity index (χ0n) is 17.4. The molecule has 0 unspecified atom stereocenters. The summed E-state index contributed by atoms with van der Waals surface area (Å²) in [6.45, 7) is 4.36. The van der Waals surface area contributed by atoms with Crippen molar-refractivity contribution in [2.24, 2.45) is 0 Å². The largest absolute Gasteiger partial charge is 0.465 e. The molecule has 0 atom stereocenters. The first kappa shape index (κ1) is 21.2. The molecule has 0 aliphatic rings. The number of hydrogen-bond donors (Lipinski definition) is 1. The fraction of sp³-hybridized carbons (Fsp3) is 0.304. The van der Waals surface area contributed by atoms with Gasteiger partial charge in [-0.15, -0.1) is 0 Å².